The number of rotatable bonds is 8. The number of hydrogen-bond acceptors (Lipinski definition) is 6. The minimum atomic E-state index is -0.283. The smallest absolute Gasteiger partial charge is 0.265 e. The molecule has 8 heteroatoms. The van der Waals surface area contributed by atoms with E-state index >= 15 is 0 Å². The number of benzene rings is 2. The number of anilines is 2. The van der Waals surface area contributed by atoms with Crippen molar-refractivity contribution in [2.24, 2.45) is 5.16 Å². The van der Waals surface area contributed by atoms with Gasteiger partial charge in [0.25, 0.3) is 5.91 Å². The lowest BCUT2D eigenvalue weighted by molar-refractivity contribution is -0.120. The molecule has 2 aromatic carbocycles. The summed E-state index contributed by atoms with van der Waals surface area (Å²) in [5.74, 6) is 0.647. The average Bonchev–Trinajstić information content (AvgIpc) is 3.27. The predicted octanol–water partition coefficient (Wildman–Crippen LogP) is 4.26. The van der Waals surface area contributed by atoms with Crippen LogP contribution >= 0.6 is 11.6 Å². The van der Waals surface area contributed by atoms with Gasteiger partial charge in [0, 0.05) is 30.0 Å². The molecule has 7 nitrogen and oxygen atoms in total. The number of methoxy groups -OCH3 is 2. The van der Waals surface area contributed by atoms with Gasteiger partial charge in [-0.3, -0.25) is 4.79 Å². The molecular formula is C22H26ClN3O4. The zero-order valence-electron chi connectivity index (χ0n) is 17.4. The van der Waals surface area contributed by atoms with E-state index in [9.17, 15) is 4.79 Å². The highest BCUT2D eigenvalue weighted by Gasteiger charge is 2.14. The molecule has 1 aliphatic rings. The molecule has 1 N–H and O–H groups in total. The van der Waals surface area contributed by atoms with Crippen LogP contribution in [0.25, 0.3) is 0 Å². The molecule has 30 heavy (non-hydrogen) atoms. The summed E-state index contributed by atoms with van der Waals surface area (Å²) in [6.07, 6.45) is 3.91. The Hall–Kier alpha value is -2.93. The summed E-state index contributed by atoms with van der Waals surface area (Å²) in [5.41, 5.74) is 3.63. The van der Waals surface area contributed by atoms with E-state index in [1.807, 2.05) is 19.1 Å². The summed E-state index contributed by atoms with van der Waals surface area (Å²) in [4.78, 5) is 19.7. The first-order valence-corrected chi connectivity index (χ1v) is 10.1. The van der Waals surface area contributed by atoms with Gasteiger partial charge in [-0.15, -0.1) is 0 Å². The van der Waals surface area contributed by atoms with Crippen molar-refractivity contribution in [3.63, 3.8) is 0 Å². The van der Waals surface area contributed by atoms with E-state index in [1.54, 1.807) is 12.1 Å². The summed E-state index contributed by atoms with van der Waals surface area (Å²) in [5, 5.41) is 7.08. The van der Waals surface area contributed by atoms with Crippen LogP contribution in [0, 0.1) is 6.92 Å². The summed E-state index contributed by atoms with van der Waals surface area (Å²) >= 11 is 6.16. The lowest BCUT2D eigenvalue weighted by Crippen LogP contribution is -2.19. The molecule has 2 aromatic rings. The van der Waals surface area contributed by atoms with Crippen LogP contribution in [-0.4, -0.2) is 46.0 Å². The molecule has 0 saturated carbocycles. The summed E-state index contributed by atoms with van der Waals surface area (Å²) in [7, 11) is 3.04. The number of amides is 1. The van der Waals surface area contributed by atoms with Gasteiger partial charge in [-0.2, -0.15) is 0 Å². The van der Waals surface area contributed by atoms with E-state index in [4.69, 9.17) is 25.9 Å². The fourth-order valence-corrected chi connectivity index (χ4v) is 3.65. The molecule has 1 heterocycles. The standard InChI is InChI=1S/C22H26ClN3O4/c1-15-10-17(26-8-4-5-9-26)6-7-19(15)25-21(27)14-30-24-13-16-11-18(23)22(29-3)20(12-16)28-2/h6-7,10-13H,4-5,8-9,14H2,1-3H3,(H,25,27). The second-order valence-corrected chi connectivity index (χ2v) is 7.39. The van der Waals surface area contributed by atoms with Crippen LogP contribution in [0.4, 0.5) is 11.4 Å². The molecule has 1 aliphatic heterocycles. The van der Waals surface area contributed by atoms with Gasteiger partial charge in [0.1, 0.15) is 0 Å². The highest BCUT2D eigenvalue weighted by atomic mass is 35.5. The molecule has 3 rings (SSSR count). The molecule has 1 amide bonds. The fraction of sp³-hybridized carbons (Fsp3) is 0.364. The zero-order valence-corrected chi connectivity index (χ0v) is 18.2. The Morgan fingerprint density at radius 1 is 1.20 bits per heavy atom. The van der Waals surface area contributed by atoms with E-state index in [0.29, 0.717) is 22.1 Å². The Morgan fingerprint density at radius 2 is 1.97 bits per heavy atom. The first-order chi connectivity index (χ1) is 14.5. The van der Waals surface area contributed by atoms with E-state index < -0.39 is 0 Å². The van der Waals surface area contributed by atoms with E-state index in [0.717, 1.165) is 24.3 Å². The molecule has 0 aromatic heterocycles. The molecule has 0 aliphatic carbocycles. The van der Waals surface area contributed by atoms with E-state index in [1.165, 1.54) is 39.0 Å². The Labute approximate surface area is 181 Å². The molecule has 0 atom stereocenters. The minimum Gasteiger partial charge on any atom is -0.493 e. The SMILES string of the molecule is COc1cc(C=NOCC(=O)Nc2ccc(N3CCCC3)cc2C)cc(Cl)c1OC. The third kappa shape index (κ3) is 5.36. The lowest BCUT2D eigenvalue weighted by atomic mass is 10.1. The second-order valence-electron chi connectivity index (χ2n) is 6.99. The van der Waals surface area contributed by atoms with Crippen LogP contribution in [0.1, 0.15) is 24.0 Å². The third-order valence-electron chi connectivity index (χ3n) is 4.88. The van der Waals surface area contributed by atoms with Crippen molar-refractivity contribution in [3.8, 4) is 11.5 Å². The van der Waals surface area contributed by atoms with Crippen molar-refractivity contribution in [1.82, 2.24) is 0 Å². The van der Waals surface area contributed by atoms with Crippen molar-refractivity contribution in [3.05, 3.63) is 46.5 Å². The van der Waals surface area contributed by atoms with Crippen LogP contribution in [0.2, 0.25) is 5.02 Å². The quantitative estimate of drug-likeness (QED) is 0.499. The van der Waals surface area contributed by atoms with Gasteiger partial charge < -0.3 is 24.5 Å². The number of carbonyl (C=O) groups is 1. The van der Waals surface area contributed by atoms with Crippen LogP contribution < -0.4 is 19.7 Å². The van der Waals surface area contributed by atoms with Crippen molar-refractivity contribution in [2.45, 2.75) is 19.8 Å². The first kappa shape index (κ1) is 21.8. The van der Waals surface area contributed by atoms with Crippen molar-refractivity contribution >= 4 is 35.1 Å². The molecule has 1 saturated heterocycles. The number of carbonyl (C=O) groups excluding carboxylic acids is 1. The van der Waals surface area contributed by atoms with E-state index in [-0.39, 0.29) is 12.5 Å². The van der Waals surface area contributed by atoms with Crippen LogP contribution in [0.5, 0.6) is 11.5 Å². The molecular weight excluding hydrogens is 406 g/mol. The Morgan fingerprint density at radius 3 is 2.63 bits per heavy atom. The van der Waals surface area contributed by atoms with Gasteiger partial charge in [-0.1, -0.05) is 16.8 Å². The maximum Gasteiger partial charge on any atom is 0.265 e. The van der Waals surface area contributed by atoms with Crippen molar-refractivity contribution in [1.29, 1.82) is 0 Å². The largest absolute Gasteiger partial charge is 0.493 e. The Kier molecular flexibility index (Phi) is 7.41. The normalized spacial score (nSPS) is 13.5. The van der Waals surface area contributed by atoms with Crippen molar-refractivity contribution in [2.75, 3.05) is 44.1 Å². The predicted molar refractivity (Wildman–Crippen MR) is 119 cm³/mol. The maximum absolute atomic E-state index is 12.2. The minimum absolute atomic E-state index is 0.204. The second kappa shape index (κ2) is 10.2. The average molecular weight is 432 g/mol. The lowest BCUT2D eigenvalue weighted by Gasteiger charge is -2.19. The molecule has 0 radical (unpaired) electrons. The molecule has 160 valence electrons. The number of hydrogen-bond donors (Lipinski definition) is 1. The molecule has 0 bridgehead atoms. The van der Waals surface area contributed by atoms with E-state index in [2.05, 4.69) is 21.4 Å². The van der Waals surface area contributed by atoms with Gasteiger partial charge in [-0.25, -0.2) is 0 Å². The molecule has 1 fully saturated rings. The van der Waals surface area contributed by atoms with Crippen LogP contribution in [0.3, 0.4) is 0 Å². The number of ether oxygens (including phenoxy) is 2. The number of aryl methyl sites for hydroxylation is 1. The number of halogens is 1. The number of nitrogens with zero attached hydrogens (tertiary/aromatic N) is 2. The maximum atomic E-state index is 12.2. The molecule has 0 unspecified atom stereocenters. The highest BCUT2D eigenvalue weighted by molar-refractivity contribution is 6.32. The monoisotopic (exact) mass is 431 g/mol. The Bertz CT molecular complexity index is 927. The topological polar surface area (TPSA) is 72.4 Å². The zero-order chi connectivity index (χ0) is 21.5. The first-order valence-electron chi connectivity index (χ1n) is 9.74. The van der Waals surface area contributed by atoms with Crippen molar-refractivity contribution < 1.29 is 19.1 Å². The summed E-state index contributed by atoms with van der Waals surface area (Å²) in [6, 6.07) is 9.44. The third-order valence-corrected chi connectivity index (χ3v) is 5.16. The van der Waals surface area contributed by atoms with Gasteiger partial charge in [-0.05, 0) is 55.7 Å². The van der Waals surface area contributed by atoms with Gasteiger partial charge in [0.15, 0.2) is 18.1 Å². The van der Waals surface area contributed by atoms with Gasteiger partial charge >= 0.3 is 0 Å². The number of oxime groups is 1. The van der Waals surface area contributed by atoms with Gasteiger partial charge in [0.2, 0.25) is 0 Å². The Balaban J connectivity index is 1.53. The molecule has 0 spiro atoms. The fourth-order valence-electron chi connectivity index (χ4n) is 3.35. The summed E-state index contributed by atoms with van der Waals surface area (Å²) < 4.78 is 10.4. The summed E-state index contributed by atoms with van der Waals surface area (Å²) in [6.45, 7) is 3.95. The van der Waals surface area contributed by atoms with Crippen LogP contribution in [-0.2, 0) is 9.63 Å². The highest BCUT2D eigenvalue weighted by Crippen LogP contribution is 2.35. The van der Waals surface area contributed by atoms with Gasteiger partial charge in [0.05, 0.1) is 25.5 Å². The number of nitrogens with one attached hydrogen (secondary N) is 1. The van der Waals surface area contributed by atoms with Crippen LogP contribution in [0.15, 0.2) is 35.5 Å².